The highest BCUT2D eigenvalue weighted by Gasteiger charge is 2.70. The van der Waals surface area contributed by atoms with Gasteiger partial charge in [0.2, 0.25) is 5.79 Å². The van der Waals surface area contributed by atoms with Gasteiger partial charge in [-0.15, -0.1) is 0 Å². The topological polar surface area (TPSA) is 46.5 Å². The Morgan fingerprint density at radius 3 is 2.39 bits per heavy atom. The molecule has 2 bridgehead atoms. The molecule has 0 aliphatic heterocycles. The maximum Gasteiger partial charge on any atom is 0.308 e. The second-order valence-corrected chi connectivity index (χ2v) is 7.35. The number of hydrogen-bond acceptors (Lipinski definition) is 3. The van der Waals surface area contributed by atoms with Crippen LogP contribution in [0.5, 0.6) is 0 Å². The first-order chi connectivity index (χ1) is 8.12. The molecule has 0 spiro atoms. The molecule has 0 heterocycles. The van der Waals surface area contributed by atoms with E-state index >= 15 is 0 Å². The van der Waals surface area contributed by atoms with Crippen LogP contribution >= 0.6 is 0 Å². The maximum atomic E-state index is 11.9. The summed E-state index contributed by atoms with van der Waals surface area (Å²) < 4.78 is 5.50. The van der Waals surface area contributed by atoms with Crippen LogP contribution in [0.1, 0.15) is 60.3 Å². The van der Waals surface area contributed by atoms with E-state index in [0.717, 1.165) is 12.8 Å². The lowest BCUT2D eigenvalue weighted by atomic mass is 9.68. The molecule has 0 aromatic heterocycles. The highest BCUT2D eigenvalue weighted by molar-refractivity contribution is 5.70. The lowest BCUT2D eigenvalue weighted by Gasteiger charge is -2.44. The van der Waals surface area contributed by atoms with Gasteiger partial charge in [0, 0.05) is 18.3 Å². The lowest BCUT2D eigenvalue weighted by Crippen LogP contribution is -2.50. The van der Waals surface area contributed by atoms with Gasteiger partial charge in [0.25, 0.3) is 0 Å². The standard InChI is InChI=1S/C15H26O3/c1-10(2)8-12(16)18-15(17)9-11-6-7-14(15,5)13(11,3)4/h10-11,17H,6-9H2,1-5H3/t11-,14-,15-/m1/s1. The third-order valence-electron chi connectivity index (χ3n) is 5.68. The molecular formula is C15H26O3. The molecule has 3 heteroatoms. The summed E-state index contributed by atoms with van der Waals surface area (Å²) in [5.74, 6) is -0.803. The first kappa shape index (κ1) is 13.9. The lowest BCUT2D eigenvalue weighted by molar-refractivity contribution is -0.261. The van der Waals surface area contributed by atoms with Crippen molar-refractivity contribution in [3.63, 3.8) is 0 Å². The number of esters is 1. The second-order valence-electron chi connectivity index (χ2n) is 7.35. The highest BCUT2D eigenvalue weighted by Crippen LogP contribution is 2.69. The maximum absolute atomic E-state index is 11.9. The van der Waals surface area contributed by atoms with Gasteiger partial charge in [-0.25, -0.2) is 0 Å². The van der Waals surface area contributed by atoms with Crippen molar-refractivity contribution < 1.29 is 14.6 Å². The van der Waals surface area contributed by atoms with Gasteiger partial charge in [-0.3, -0.25) is 4.79 Å². The predicted molar refractivity (Wildman–Crippen MR) is 69.7 cm³/mol. The van der Waals surface area contributed by atoms with Crippen molar-refractivity contribution in [3.8, 4) is 0 Å². The number of fused-ring (bicyclic) bond motifs is 2. The quantitative estimate of drug-likeness (QED) is 0.622. The zero-order valence-corrected chi connectivity index (χ0v) is 12.2. The minimum atomic E-state index is -1.26. The van der Waals surface area contributed by atoms with E-state index in [1.807, 2.05) is 13.8 Å². The van der Waals surface area contributed by atoms with Crippen LogP contribution in [-0.4, -0.2) is 16.9 Å². The molecule has 2 rings (SSSR count). The fourth-order valence-electron chi connectivity index (χ4n) is 3.93. The van der Waals surface area contributed by atoms with Crippen LogP contribution in [0.2, 0.25) is 0 Å². The molecule has 0 saturated heterocycles. The summed E-state index contributed by atoms with van der Waals surface area (Å²) in [5.41, 5.74) is -0.267. The van der Waals surface area contributed by atoms with Crippen molar-refractivity contribution in [1.29, 1.82) is 0 Å². The minimum Gasteiger partial charge on any atom is -0.433 e. The Bertz CT molecular complexity index is 361. The number of ether oxygens (including phenoxy) is 1. The molecule has 2 aliphatic rings. The third-order valence-corrected chi connectivity index (χ3v) is 5.68. The first-order valence-electron chi connectivity index (χ1n) is 7.06. The Hall–Kier alpha value is -0.570. The first-order valence-corrected chi connectivity index (χ1v) is 7.06. The molecule has 1 N–H and O–H groups in total. The number of rotatable bonds is 3. The van der Waals surface area contributed by atoms with Crippen molar-refractivity contribution in [2.75, 3.05) is 0 Å². The third kappa shape index (κ3) is 1.70. The van der Waals surface area contributed by atoms with Crippen LogP contribution in [-0.2, 0) is 9.53 Å². The number of aliphatic hydroxyl groups is 1. The number of carbonyl (C=O) groups is 1. The zero-order chi connectivity index (χ0) is 13.8. The Morgan fingerprint density at radius 1 is 1.39 bits per heavy atom. The van der Waals surface area contributed by atoms with Crippen molar-refractivity contribution in [1.82, 2.24) is 0 Å². The summed E-state index contributed by atoms with van der Waals surface area (Å²) in [6.45, 7) is 10.4. The van der Waals surface area contributed by atoms with Gasteiger partial charge in [-0.2, -0.15) is 0 Å². The fourth-order valence-corrected chi connectivity index (χ4v) is 3.93. The van der Waals surface area contributed by atoms with Crippen LogP contribution in [0.4, 0.5) is 0 Å². The van der Waals surface area contributed by atoms with Crippen LogP contribution in [0, 0.1) is 22.7 Å². The molecule has 0 unspecified atom stereocenters. The van der Waals surface area contributed by atoms with E-state index in [4.69, 9.17) is 4.74 Å². The smallest absolute Gasteiger partial charge is 0.308 e. The van der Waals surface area contributed by atoms with Gasteiger partial charge in [0.1, 0.15) is 0 Å². The zero-order valence-electron chi connectivity index (χ0n) is 12.2. The largest absolute Gasteiger partial charge is 0.433 e. The molecule has 3 atom stereocenters. The molecule has 0 aromatic carbocycles. The van der Waals surface area contributed by atoms with Crippen LogP contribution in [0.25, 0.3) is 0 Å². The molecular weight excluding hydrogens is 228 g/mol. The summed E-state index contributed by atoms with van der Waals surface area (Å²) in [6, 6.07) is 0. The molecule has 0 radical (unpaired) electrons. The molecule has 0 aromatic rings. The predicted octanol–water partition coefficient (Wildman–Crippen LogP) is 3.11. The van der Waals surface area contributed by atoms with Crippen molar-refractivity contribution in [2.24, 2.45) is 22.7 Å². The van der Waals surface area contributed by atoms with E-state index in [2.05, 4.69) is 20.8 Å². The van der Waals surface area contributed by atoms with E-state index in [1.165, 1.54) is 0 Å². The summed E-state index contributed by atoms with van der Waals surface area (Å²) in [7, 11) is 0. The summed E-state index contributed by atoms with van der Waals surface area (Å²) in [6.07, 6.45) is 3.05. The number of carbonyl (C=O) groups excluding carboxylic acids is 1. The summed E-state index contributed by atoms with van der Waals surface area (Å²) in [4.78, 5) is 11.9. The average molecular weight is 254 g/mol. The number of hydrogen-bond donors (Lipinski definition) is 1. The summed E-state index contributed by atoms with van der Waals surface area (Å²) in [5, 5.41) is 10.8. The molecule has 2 saturated carbocycles. The van der Waals surface area contributed by atoms with E-state index in [1.54, 1.807) is 0 Å². The van der Waals surface area contributed by atoms with Crippen LogP contribution in [0.15, 0.2) is 0 Å². The van der Waals surface area contributed by atoms with Crippen molar-refractivity contribution in [3.05, 3.63) is 0 Å². The minimum absolute atomic E-state index is 0.0415. The van der Waals surface area contributed by atoms with Gasteiger partial charge >= 0.3 is 5.97 Å². The fraction of sp³-hybridized carbons (Fsp3) is 0.933. The van der Waals surface area contributed by atoms with E-state index < -0.39 is 5.79 Å². The SMILES string of the molecule is CC(C)CC(=O)O[C@]1(O)C[C@H]2CC[C@]1(C)C2(C)C. The van der Waals surface area contributed by atoms with E-state index in [-0.39, 0.29) is 22.7 Å². The summed E-state index contributed by atoms with van der Waals surface area (Å²) >= 11 is 0. The normalized spacial score (nSPS) is 41.4. The van der Waals surface area contributed by atoms with Crippen molar-refractivity contribution in [2.45, 2.75) is 66.1 Å². The van der Waals surface area contributed by atoms with Crippen LogP contribution < -0.4 is 0 Å². The van der Waals surface area contributed by atoms with Crippen LogP contribution in [0.3, 0.4) is 0 Å². The average Bonchev–Trinajstić information content (AvgIpc) is 2.47. The second kappa shape index (κ2) is 3.96. The Morgan fingerprint density at radius 2 is 2.00 bits per heavy atom. The molecule has 0 amide bonds. The van der Waals surface area contributed by atoms with Gasteiger partial charge in [-0.1, -0.05) is 34.6 Å². The van der Waals surface area contributed by atoms with Gasteiger partial charge in [0.05, 0.1) is 0 Å². The molecule has 18 heavy (non-hydrogen) atoms. The van der Waals surface area contributed by atoms with E-state index in [0.29, 0.717) is 18.8 Å². The Kier molecular flexibility index (Phi) is 3.05. The Labute approximate surface area is 110 Å². The highest BCUT2D eigenvalue weighted by atomic mass is 16.7. The van der Waals surface area contributed by atoms with E-state index in [9.17, 15) is 9.90 Å². The Balaban J connectivity index is 2.16. The molecule has 2 fully saturated rings. The molecule has 104 valence electrons. The molecule has 2 aliphatic carbocycles. The van der Waals surface area contributed by atoms with Crippen molar-refractivity contribution >= 4 is 5.97 Å². The molecule has 3 nitrogen and oxygen atoms in total. The van der Waals surface area contributed by atoms with Gasteiger partial charge in [0.15, 0.2) is 0 Å². The monoisotopic (exact) mass is 254 g/mol. The van der Waals surface area contributed by atoms with Gasteiger partial charge < -0.3 is 9.84 Å². The van der Waals surface area contributed by atoms with Gasteiger partial charge in [-0.05, 0) is 30.1 Å².